The molecule has 1 aromatic carbocycles. The first-order valence-electron chi connectivity index (χ1n) is 13.2. The minimum absolute atomic E-state index is 0.0465. The smallest absolute Gasteiger partial charge is 0.355 e. The number of nitrogens with zero attached hydrogens (tertiary/aromatic N) is 8. The van der Waals surface area contributed by atoms with E-state index in [1.165, 1.54) is 11.0 Å². The fourth-order valence-corrected chi connectivity index (χ4v) is 6.63. The quantitative estimate of drug-likeness (QED) is 0.407. The zero-order valence-electron chi connectivity index (χ0n) is 21.6. The molecule has 7 rings (SSSR count). The monoisotopic (exact) mass is 598 g/mol. The van der Waals surface area contributed by atoms with Crippen LogP contribution in [0.2, 0.25) is 5.02 Å². The molecule has 2 aromatic heterocycles. The van der Waals surface area contributed by atoms with Gasteiger partial charge >= 0.3 is 6.18 Å². The van der Waals surface area contributed by atoms with Crippen molar-refractivity contribution in [2.45, 2.75) is 31.7 Å². The molecule has 1 spiro atoms. The molecule has 0 unspecified atom stereocenters. The highest BCUT2D eigenvalue weighted by atomic mass is 35.5. The second-order valence-electron chi connectivity index (χ2n) is 11.4. The second-order valence-corrected chi connectivity index (χ2v) is 11.9. The van der Waals surface area contributed by atoms with Crippen LogP contribution in [0.3, 0.4) is 0 Å². The van der Waals surface area contributed by atoms with Crippen LogP contribution in [-0.2, 0) is 13.1 Å². The molecule has 4 aliphatic rings. The fraction of sp³-hybridized carbons (Fsp3) is 0.500. The van der Waals surface area contributed by atoms with E-state index in [0.717, 1.165) is 17.3 Å². The van der Waals surface area contributed by atoms with Gasteiger partial charge in [-0.15, -0.1) is 10.2 Å². The molecule has 0 radical (unpaired) electrons. The van der Waals surface area contributed by atoms with Gasteiger partial charge in [0.05, 0.1) is 18.8 Å². The van der Waals surface area contributed by atoms with Crippen molar-refractivity contribution in [3.8, 4) is 5.69 Å². The van der Waals surface area contributed by atoms with Gasteiger partial charge in [-0.3, -0.25) is 14.4 Å². The van der Waals surface area contributed by atoms with E-state index in [1.807, 2.05) is 21.6 Å². The van der Waals surface area contributed by atoms with Gasteiger partial charge in [-0.2, -0.15) is 13.2 Å². The summed E-state index contributed by atoms with van der Waals surface area (Å²) in [7, 11) is 0. The topological polar surface area (TPSA) is 56.6 Å². The Morgan fingerprint density at radius 2 is 1.71 bits per heavy atom. The molecule has 0 N–H and O–H groups in total. The molecule has 3 saturated heterocycles. The maximum atomic E-state index is 13.7. The first-order valence-corrected chi connectivity index (χ1v) is 13.6. The van der Waals surface area contributed by atoms with Gasteiger partial charge < -0.3 is 9.80 Å². The van der Waals surface area contributed by atoms with Crippen molar-refractivity contribution in [1.82, 2.24) is 29.5 Å². The number of fused-ring (bicyclic) bond motifs is 3. The number of aromatic nitrogens is 4. The molecule has 3 fully saturated rings. The van der Waals surface area contributed by atoms with E-state index >= 15 is 0 Å². The molecule has 0 saturated carbocycles. The van der Waals surface area contributed by atoms with Gasteiger partial charge in [0.15, 0.2) is 11.6 Å². The summed E-state index contributed by atoms with van der Waals surface area (Å²) in [5.74, 6) is 0.679. The molecule has 41 heavy (non-hydrogen) atoms. The maximum Gasteiger partial charge on any atom is 0.401 e. The predicted molar refractivity (Wildman–Crippen MR) is 138 cm³/mol. The van der Waals surface area contributed by atoms with Crippen LogP contribution in [0.1, 0.15) is 23.5 Å². The Kier molecular flexibility index (Phi) is 6.18. The van der Waals surface area contributed by atoms with E-state index in [-0.39, 0.29) is 11.5 Å². The summed E-state index contributed by atoms with van der Waals surface area (Å²) in [4.78, 5) is 11.3. The Morgan fingerprint density at radius 1 is 0.976 bits per heavy atom. The van der Waals surface area contributed by atoms with Crippen molar-refractivity contribution >= 4 is 23.4 Å². The molecule has 0 amide bonds. The van der Waals surface area contributed by atoms with Gasteiger partial charge in [0.2, 0.25) is 5.95 Å². The Morgan fingerprint density at radius 3 is 2.41 bits per heavy atom. The van der Waals surface area contributed by atoms with Gasteiger partial charge in [-0.05, 0) is 35.9 Å². The van der Waals surface area contributed by atoms with Crippen LogP contribution in [0.25, 0.3) is 5.69 Å². The number of hydrogen-bond donors (Lipinski definition) is 0. The lowest BCUT2D eigenvalue weighted by molar-refractivity contribution is -0.161. The average Bonchev–Trinajstić information content (AvgIpc) is 3.14. The Labute approximate surface area is 236 Å². The molecule has 8 nitrogen and oxygen atoms in total. The lowest BCUT2D eigenvalue weighted by Gasteiger charge is -2.60. The van der Waals surface area contributed by atoms with Gasteiger partial charge in [0.25, 0.3) is 6.43 Å². The van der Waals surface area contributed by atoms with E-state index < -0.39 is 30.7 Å². The molecular weight excluding hydrogens is 574 g/mol. The molecular formula is C26H25ClF6N8. The standard InChI is InChI=1S/C26H25ClF6N8/c27-16-1-3-19-15(5-16)6-38(17-7-37(8-17)14-26(31,32)33)9-21-35-36-24(41(19)21)40-12-25(13-40)10-39(11-25)20-4-2-18(28)22(34-20)23(29)30/h1-5,17,23H,6-14H2. The van der Waals surface area contributed by atoms with Gasteiger partial charge in [-0.1, -0.05) is 11.6 Å². The largest absolute Gasteiger partial charge is 0.401 e. The van der Waals surface area contributed by atoms with E-state index in [0.29, 0.717) is 75.0 Å². The minimum atomic E-state index is -4.23. The highest BCUT2D eigenvalue weighted by Crippen LogP contribution is 2.44. The van der Waals surface area contributed by atoms with Crippen LogP contribution in [0, 0.1) is 11.2 Å². The van der Waals surface area contributed by atoms with Crippen LogP contribution in [0.5, 0.6) is 0 Å². The lowest BCUT2D eigenvalue weighted by atomic mass is 9.73. The number of likely N-dealkylation sites (tertiary alicyclic amines) is 1. The first-order chi connectivity index (χ1) is 19.5. The molecule has 0 aliphatic carbocycles. The van der Waals surface area contributed by atoms with Crippen molar-refractivity contribution in [3.05, 3.63) is 58.3 Å². The Bertz CT molecular complexity index is 1480. The number of hydrogen-bond acceptors (Lipinski definition) is 7. The van der Waals surface area contributed by atoms with E-state index in [2.05, 4.69) is 25.0 Å². The lowest BCUT2D eigenvalue weighted by Crippen LogP contribution is -2.73. The van der Waals surface area contributed by atoms with Crippen LogP contribution in [0.4, 0.5) is 38.1 Å². The second kappa shape index (κ2) is 9.46. The summed E-state index contributed by atoms with van der Waals surface area (Å²) in [6.07, 6.45) is -7.21. The molecule has 3 aromatic rings. The zero-order valence-corrected chi connectivity index (χ0v) is 22.4. The van der Waals surface area contributed by atoms with Crippen LogP contribution < -0.4 is 9.80 Å². The molecule has 6 heterocycles. The summed E-state index contributed by atoms with van der Waals surface area (Å²) < 4.78 is 80.3. The minimum Gasteiger partial charge on any atom is -0.355 e. The van der Waals surface area contributed by atoms with Gasteiger partial charge in [-0.25, -0.2) is 18.2 Å². The fourth-order valence-electron chi connectivity index (χ4n) is 6.44. The third-order valence-corrected chi connectivity index (χ3v) is 8.58. The predicted octanol–water partition coefficient (Wildman–Crippen LogP) is 4.28. The van der Waals surface area contributed by atoms with Crippen molar-refractivity contribution in [1.29, 1.82) is 0 Å². The van der Waals surface area contributed by atoms with E-state index in [9.17, 15) is 26.3 Å². The first kappa shape index (κ1) is 26.8. The summed E-state index contributed by atoms with van der Waals surface area (Å²) in [6, 6.07) is 7.98. The normalized spacial score (nSPS) is 20.9. The summed E-state index contributed by atoms with van der Waals surface area (Å²) in [5, 5.41) is 9.54. The highest BCUT2D eigenvalue weighted by molar-refractivity contribution is 6.30. The maximum absolute atomic E-state index is 13.7. The summed E-state index contributed by atoms with van der Waals surface area (Å²) >= 11 is 6.33. The van der Waals surface area contributed by atoms with E-state index in [4.69, 9.17) is 11.6 Å². The van der Waals surface area contributed by atoms with Crippen LogP contribution in [0.15, 0.2) is 30.3 Å². The molecule has 0 atom stereocenters. The Hall–Kier alpha value is -3.10. The highest BCUT2D eigenvalue weighted by Gasteiger charge is 2.53. The number of rotatable bonds is 5. The van der Waals surface area contributed by atoms with Crippen molar-refractivity contribution < 1.29 is 26.3 Å². The number of anilines is 2. The number of alkyl halides is 5. The third kappa shape index (κ3) is 4.79. The van der Waals surface area contributed by atoms with Crippen LogP contribution >= 0.6 is 11.6 Å². The van der Waals surface area contributed by atoms with Crippen LogP contribution in [-0.4, -0.2) is 87.6 Å². The molecule has 15 heteroatoms. The zero-order chi connectivity index (χ0) is 28.7. The molecule has 4 aliphatic heterocycles. The molecule has 0 bridgehead atoms. The molecule has 218 valence electrons. The number of halogens is 7. The van der Waals surface area contributed by atoms with Crippen molar-refractivity contribution in [2.75, 3.05) is 55.6 Å². The number of pyridine rings is 1. The Balaban J connectivity index is 1.07. The van der Waals surface area contributed by atoms with E-state index in [1.54, 1.807) is 6.07 Å². The van der Waals surface area contributed by atoms with Crippen molar-refractivity contribution in [2.24, 2.45) is 5.41 Å². The third-order valence-electron chi connectivity index (χ3n) is 8.35. The SMILES string of the molecule is Fc1ccc(N2CC3(C2)CN(c2nnc4n2-c2ccc(Cl)cc2CN(C2CN(CC(F)(F)F)C2)C4)C3)nc1C(F)F. The number of benzene rings is 1. The van der Waals surface area contributed by atoms with Crippen molar-refractivity contribution in [3.63, 3.8) is 0 Å². The summed E-state index contributed by atoms with van der Waals surface area (Å²) in [5.41, 5.74) is 0.909. The van der Waals surface area contributed by atoms with Gasteiger partial charge in [0, 0.05) is 62.3 Å². The summed E-state index contributed by atoms with van der Waals surface area (Å²) in [6.45, 7) is 3.22. The van der Waals surface area contributed by atoms with Gasteiger partial charge in [0.1, 0.15) is 11.5 Å². The average molecular weight is 599 g/mol.